The van der Waals surface area contributed by atoms with Crippen molar-refractivity contribution >= 4 is 33.2 Å². The summed E-state index contributed by atoms with van der Waals surface area (Å²) in [5, 5.41) is 9.13. The van der Waals surface area contributed by atoms with Crippen molar-refractivity contribution in [3.8, 4) is 16.2 Å². The Hall–Kier alpha value is -1.40. The molecule has 92 valence electrons. The van der Waals surface area contributed by atoms with Gasteiger partial charge in [0, 0.05) is 6.42 Å². The first kappa shape index (κ1) is 11.7. The summed E-state index contributed by atoms with van der Waals surface area (Å²) in [4.78, 5) is 15.8. The summed E-state index contributed by atoms with van der Waals surface area (Å²) < 4.78 is 6.01. The number of benzene rings is 1. The number of nitrogens with zero attached hydrogens (tertiary/aromatic N) is 1. The number of hydrogen-bond donors (Lipinski definition) is 1. The minimum Gasteiger partial charge on any atom is -0.493 e. The smallest absolute Gasteiger partial charge is 0.356 e. The second-order valence-corrected chi connectivity index (χ2v) is 6.15. The normalized spacial score (nSPS) is 13.2. The Morgan fingerprint density at radius 1 is 1.50 bits per heavy atom. The molecule has 2 aromatic rings. The molecule has 4 nitrogen and oxygen atoms in total. The van der Waals surface area contributed by atoms with Gasteiger partial charge in [-0.25, -0.2) is 9.78 Å². The van der Waals surface area contributed by atoms with Crippen LogP contribution in [0.4, 0.5) is 0 Å². The lowest BCUT2D eigenvalue weighted by Gasteiger charge is -2.02. The zero-order valence-corrected chi connectivity index (χ0v) is 11.5. The van der Waals surface area contributed by atoms with Gasteiger partial charge in [0.05, 0.1) is 11.5 Å². The Bertz CT molecular complexity index is 638. The largest absolute Gasteiger partial charge is 0.493 e. The number of fused-ring (bicyclic) bond motifs is 1. The number of rotatable bonds is 2. The van der Waals surface area contributed by atoms with E-state index >= 15 is 0 Å². The summed E-state index contributed by atoms with van der Waals surface area (Å²) in [5.74, 6) is -0.122. The third-order valence-corrected chi connectivity index (χ3v) is 4.31. The average Bonchev–Trinajstić information content (AvgIpc) is 2.93. The van der Waals surface area contributed by atoms with Crippen molar-refractivity contribution < 1.29 is 14.6 Å². The predicted molar refractivity (Wildman–Crippen MR) is 71.4 cm³/mol. The van der Waals surface area contributed by atoms with E-state index in [1.54, 1.807) is 0 Å². The van der Waals surface area contributed by atoms with Crippen LogP contribution in [0.3, 0.4) is 0 Å². The van der Waals surface area contributed by atoms with E-state index < -0.39 is 5.97 Å². The number of carboxylic acids is 1. The molecule has 0 aliphatic carbocycles. The molecule has 0 bridgehead atoms. The monoisotopic (exact) mass is 325 g/mol. The standard InChI is InChI=1S/C12H8BrNO3S/c13-12-14-9(11(15)16)10(18-12)7-1-2-8-6(5-7)3-4-17-8/h1-2,5H,3-4H2,(H,15,16). The highest BCUT2D eigenvalue weighted by atomic mass is 79.9. The number of ether oxygens (including phenoxy) is 1. The van der Waals surface area contributed by atoms with E-state index in [1.165, 1.54) is 11.3 Å². The first-order valence-electron chi connectivity index (χ1n) is 5.31. The average molecular weight is 326 g/mol. The minimum atomic E-state index is -1.01. The number of halogens is 1. The van der Waals surface area contributed by atoms with Gasteiger partial charge in [-0.2, -0.15) is 0 Å². The molecular weight excluding hydrogens is 318 g/mol. The molecule has 1 aliphatic rings. The highest BCUT2D eigenvalue weighted by molar-refractivity contribution is 9.11. The van der Waals surface area contributed by atoms with Crippen LogP contribution in [-0.4, -0.2) is 22.7 Å². The van der Waals surface area contributed by atoms with E-state index in [4.69, 9.17) is 9.84 Å². The quantitative estimate of drug-likeness (QED) is 0.921. The van der Waals surface area contributed by atoms with E-state index in [-0.39, 0.29) is 5.69 Å². The first-order chi connectivity index (χ1) is 8.65. The Labute approximate surface area is 115 Å². The van der Waals surface area contributed by atoms with Crippen molar-refractivity contribution in [3.63, 3.8) is 0 Å². The summed E-state index contributed by atoms with van der Waals surface area (Å²) in [6.07, 6.45) is 0.867. The Balaban J connectivity index is 2.12. The van der Waals surface area contributed by atoms with Gasteiger partial charge in [-0.3, -0.25) is 0 Å². The lowest BCUT2D eigenvalue weighted by atomic mass is 10.1. The lowest BCUT2D eigenvalue weighted by Crippen LogP contribution is -1.98. The van der Waals surface area contributed by atoms with E-state index in [1.807, 2.05) is 18.2 Å². The van der Waals surface area contributed by atoms with Gasteiger partial charge in [0.1, 0.15) is 5.75 Å². The van der Waals surface area contributed by atoms with E-state index in [9.17, 15) is 4.79 Å². The molecule has 1 aliphatic heterocycles. The highest BCUT2D eigenvalue weighted by Gasteiger charge is 2.20. The summed E-state index contributed by atoms with van der Waals surface area (Å²) >= 11 is 4.56. The van der Waals surface area contributed by atoms with Gasteiger partial charge in [-0.15, -0.1) is 11.3 Å². The molecule has 0 fully saturated rings. The van der Waals surface area contributed by atoms with Crippen molar-refractivity contribution in [1.82, 2.24) is 4.98 Å². The molecule has 0 radical (unpaired) electrons. The zero-order valence-electron chi connectivity index (χ0n) is 9.14. The molecule has 0 unspecified atom stereocenters. The SMILES string of the molecule is O=C(O)c1nc(Br)sc1-c1ccc2c(c1)CCO2. The van der Waals surface area contributed by atoms with Crippen molar-refractivity contribution in [1.29, 1.82) is 0 Å². The summed E-state index contributed by atoms with van der Waals surface area (Å²) in [5.41, 5.74) is 2.08. The number of aromatic nitrogens is 1. The Morgan fingerprint density at radius 2 is 2.33 bits per heavy atom. The van der Waals surface area contributed by atoms with Crippen LogP contribution in [0.25, 0.3) is 10.4 Å². The molecule has 0 atom stereocenters. The Morgan fingerprint density at radius 3 is 3.11 bits per heavy atom. The molecule has 6 heteroatoms. The Kier molecular flexibility index (Phi) is 2.83. The molecule has 18 heavy (non-hydrogen) atoms. The number of thiazole rings is 1. The van der Waals surface area contributed by atoms with Crippen LogP contribution in [0.5, 0.6) is 5.75 Å². The van der Waals surface area contributed by atoms with Gasteiger partial charge in [-0.05, 0) is 45.3 Å². The van der Waals surface area contributed by atoms with Crippen LogP contribution in [0, 0.1) is 0 Å². The highest BCUT2D eigenvalue weighted by Crippen LogP contribution is 2.36. The first-order valence-corrected chi connectivity index (χ1v) is 6.92. The van der Waals surface area contributed by atoms with Crippen LogP contribution in [0.15, 0.2) is 22.1 Å². The maximum atomic E-state index is 11.1. The van der Waals surface area contributed by atoms with E-state index in [0.717, 1.165) is 23.3 Å². The van der Waals surface area contributed by atoms with Crippen molar-refractivity contribution in [2.24, 2.45) is 0 Å². The van der Waals surface area contributed by atoms with Gasteiger partial charge < -0.3 is 9.84 Å². The van der Waals surface area contributed by atoms with Crippen LogP contribution < -0.4 is 4.74 Å². The van der Waals surface area contributed by atoms with Crippen LogP contribution in [-0.2, 0) is 6.42 Å². The number of carboxylic acid groups (broad SMARTS) is 1. The third-order valence-electron chi connectivity index (χ3n) is 2.76. The predicted octanol–water partition coefficient (Wildman–Crippen LogP) is 3.21. The number of hydrogen-bond acceptors (Lipinski definition) is 4. The molecule has 0 amide bonds. The molecule has 0 saturated carbocycles. The number of carbonyl (C=O) groups is 1. The van der Waals surface area contributed by atoms with Crippen molar-refractivity contribution in [2.75, 3.05) is 6.61 Å². The fraction of sp³-hybridized carbons (Fsp3) is 0.167. The van der Waals surface area contributed by atoms with Gasteiger partial charge >= 0.3 is 5.97 Å². The molecule has 2 heterocycles. The van der Waals surface area contributed by atoms with E-state index in [2.05, 4.69) is 20.9 Å². The third kappa shape index (κ3) is 1.91. The second kappa shape index (κ2) is 4.37. The maximum Gasteiger partial charge on any atom is 0.356 e. The van der Waals surface area contributed by atoms with Gasteiger partial charge in [0.2, 0.25) is 0 Å². The summed E-state index contributed by atoms with van der Waals surface area (Å²) in [6.45, 7) is 0.691. The van der Waals surface area contributed by atoms with Gasteiger partial charge in [0.15, 0.2) is 9.61 Å². The molecular formula is C12H8BrNO3S. The molecule has 3 rings (SSSR count). The summed E-state index contributed by atoms with van der Waals surface area (Å²) in [6, 6.07) is 5.74. The number of aromatic carboxylic acids is 1. The minimum absolute atomic E-state index is 0.0886. The fourth-order valence-electron chi connectivity index (χ4n) is 1.96. The fourth-order valence-corrected chi connectivity index (χ4v) is 3.41. The van der Waals surface area contributed by atoms with E-state index in [0.29, 0.717) is 15.4 Å². The van der Waals surface area contributed by atoms with Crippen molar-refractivity contribution in [3.05, 3.63) is 33.4 Å². The maximum absolute atomic E-state index is 11.1. The van der Waals surface area contributed by atoms with Gasteiger partial charge in [0.25, 0.3) is 0 Å². The zero-order chi connectivity index (χ0) is 12.7. The van der Waals surface area contributed by atoms with Gasteiger partial charge in [-0.1, -0.05) is 0 Å². The van der Waals surface area contributed by atoms with Crippen LogP contribution >= 0.6 is 27.3 Å². The molecule has 1 N–H and O–H groups in total. The van der Waals surface area contributed by atoms with Crippen molar-refractivity contribution in [2.45, 2.75) is 6.42 Å². The summed E-state index contributed by atoms with van der Waals surface area (Å²) in [7, 11) is 0. The second-order valence-electron chi connectivity index (χ2n) is 3.87. The van der Waals surface area contributed by atoms with Crippen LogP contribution in [0.1, 0.15) is 16.1 Å². The van der Waals surface area contributed by atoms with Crippen LogP contribution in [0.2, 0.25) is 0 Å². The topological polar surface area (TPSA) is 59.4 Å². The molecule has 0 spiro atoms. The molecule has 1 aromatic carbocycles. The lowest BCUT2D eigenvalue weighted by molar-refractivity contribution is 0.0692. The molecule has 0 saturated heterocycles. The molecule has 1 aromatic heterocycles.